The molecule has 1 atom stereocenters. The third-order valence-electron chi connectivity index (χ3n) is 4.11. The topological polar surface area (TPSA) is 73.2 Å². The van der Waals surface area contributed by atoms with Gasteiger partial charge in [0.2, 0.25) is 0 Å². The van der Waals surface area contributed by atoms with Crippen molar-refractivity contribution in [1.29, 1.82) is 0 Å². The molecule has 3 rings (SSSR count). The van der Waals surface area contributed by atoms with Crippen LogP contribution in [0.25, 0.3) is 11.3 Å². The average Bonchev–Trinajstić information content (AvgIpc) is 2.70. The first kappa shape index (κ1) is 20.5. The quantitative estimate of drug-likeness (QED) is 0.642. The zero-order chi connectivity index (χ0) is 20.8. The van der Waals surface area contributed by atoms with E-state index in [2.05, 4.69) is 10.4 Å². The highest BCUT2D eigenvalue weighted by atomic mass is 35.5. The summed E-state index contributed by atoms with van der Waals surface area (Å²) in [5, 5.41) is 7.50. The van der Waals surface area contributed by atoms with Gasteiger partial charge in [-0.1, -0.05) is 17.7 Å². The lowest BCUT2D eigenvalue weighted by Gasteiger charge is -2.15. The number of amides is 1. The van der Waals surface area contributed by atoms with Crippen molar-refractivity contribution in [2.24, 2.45) is 0 Å². The van der Waals surface area contributed by atoms with Gasteiger partial charge >= 0.3 is 0 Å². The SMILES string of the molecule is CC(Oc1cccc(Cl)c1)C(=O)NCCn1nc(-c2ccc(F)cc2)ccc1=O. The molecule has 0 aliphatic carbocycles. The lowest BCUT2D eigenvalue weighted by Crippen LogP contribution is -2.39. The smallest absolute Gasteiger partial charge is 0.266 e. The van der Waals surface area contributed by atoms with E-state index in [1.807, 2.05) is 0 Å². The van der Waals surface area contributed by atoms with Crippen molar-refractivity contribution in [3.63, 3.8) is 0 Å². The second-order valence-electron chi connectivity index (χ2n) is 6.30. The van der Waals surface area contributed by atoms with Gasteiger partial charge in [0, 0.05) is 23.2 Å². The largest absolute Gasteiger partial charge is 0.481 e. The fourth-order valence-corrected chi connectivity index (χ4v) is 2.79. The van der Waals surface area contributed by atoms with Crippen LogP contribution in [0.4, 0.5) is 4.39 Å². The molecule has 0 saturated heterocycles. The van der Waals surface area contributed by atoms with E-state index >= 15 is 0 Å². The summed E-state index contributed by atoms with van der Waals surface area (Å²) in [6.07, 6.45) is -0.733. The minimum Gasteiger partial charge on any atom is -0.481 e. The second kappa shape index (κ2) is 9.34. The summed E-state index contributed by atoms with van der Waals surface area (Å²) in [5.41, 5.74) is 0.926. The van der Waals surface area contributed by atoms with E-state index in [-0.39, 0.29) is 30.4 Å². The monoisotopic (exact) mass is 415 g/mol. The molecule has 1 amide bonds. The Kier molecular flexibility index (Phi) is 6.61. The van der Waals surface area contributed by atoms with E-state index in [4.69, 9.17) is 16.3 Å². The van der Waals surface area contributed by atoms with Crippen LogP contribution >= 0.6 is 11.6 Å². The molecule has 0 spiro atoms. The molecule has 150 valence electrons. The standard InChI is InChI=1S/C21H19ClFN3O3/c1-14(29-18-4-2-3-16(22)13-18)21(28)24-11-12-26-20(27)10-9-19(25-26)15-5-7-17(23)8-6-15/h2-10,13-14H,11-12H2,1H3,(H,24,28). The number of carbonyl (C=O) groups is 1. The predicted octanol–water partition coefficient (Wildman–Crippen LogP) is 3.29. The van der Waals surface area contributed by atoms with Crippen LogP contribution in [-0.2, 0) is 11.3 Å². The first-order valence-corrected chi connectivity index (χ1v) is 9.34. The van der Waals surface area contributed by atoms with E-state index in [9.17, 15) is 14.0 Å². The van der Waals surface area contributed by atoms with Crippen molar-refractivity contribution < 1.29 is 13.9 Å². The molecule has 1 heterocycles. The summed E-state index contributed by atoms with van der Waals surface area (Å²) in [6.45, 7) is 2.00. The van der Waals surface area contributed by atoms with Gasteiger partial charge in [0.05, 0.1) is 12.2 Å². The molecule has 8 heteroatoms. The van der Waals surface area contributed by atoms with Gasteiger partial charge in [0.1, 0.15) is 11.6 Å². The number of hydrogen-bond donors (Lipinski definition) is 1. The Balaban J connectivity index is 1.58. The van der Waals surface area contributed by atoms with Crippen LogP contribution in [0.15, 0.2) is 65.5 Å². The molecular weight excluding hydrogens is 397 g/mol. The lowest BCUT2D eigenvalue weighted by atomic mass is 10.1. The van der Waals surface area contributed by atoms with E-state index in [1.165, 1.54) is 22.9 Å². The molecule has 0 aliphatic rings. The molecule has 1 aromatic heterocycles. The molecule has 0 bridgehead atoms. The van der Waals surface area contributed by atoms with Gasteiger partial charge < -0.3 is 10.1 Å². The van der Waals surface area contributed by atoms with E-state index in [1.54, 1.807) is 49.4 Å². The van der Waals surface area contributed by atoms with Gasteiger partial charge in [-0.25, -0.2) is 9.07 Å². The third-order valence-corrected chi connectivity index (χ3v) is 4.34. The van der Waals surface area contributed by atoms with Gasteiger partial charge in [0.25, 0.3) is 11.5 Å². The highest BCUT2D eigenvalue weighted by Gasteiger charge is 2.14. The summed E-state index contributed by atoms with van der Waals surface area (Å²) in [4.78, 5) is 24.2. The minimum atomic E-state index is -0.733. The van der Waals surface area contributed by atoms with E-state index in [0.717, 1.165) is 0 Å². The summed E-state index contributed by atoms with van der Waals surface area (Å²) in [6, 6.07) is 15.6. The van der Waals surface area contributed by atoms with Gasteiger partial charge in [-0.15, -0.1) is 0 Å². The number of nitrogens with zero attached hydrogens (tertiary/aromatic N) is 2. The fraction of sp³-hybridized carbons (Fsp3) is 0.190. The van der Waals surface area contributed by atoms with Crippen LogP contribution in [0.2, 0.25) is 5.02 Å². The summed E-state index contributed by atoms with van der Waals surface area (Å²) in [5.74, 6) is -0.184. The lowest BCUT2D eigenvalue weighted by molar-refractivity contribution is -0.127. The first-order valence-electron chi connectivity index (χ1n) is 8.96. The van der Waals surface area contributed by atoms with Crippen LogP contribution in [0.3, 0.4) is 0 Å². The number of rotatable bonds is 7. The molecule has 3 aromatic rings. The Morgan fingerprint density at radius 2 is 1.97 bits per heavy atom. The molecule has 6 nitrogen and oxygen atoms in total. The number of aromatic nitrogens is 2. The average molecular weight is 416 g/mol. The summed E-state index contributed by atoms with van der Waals surface area (Å²) < 4.78 is 19.9. The Morgan fingerprint density at radius 1 is 1.21 bits per heavy atom. The predicted molar refractivity (Wildman–Crippen MR) is 108 cm³/mol. The molecule has 29 heavy (non-hydrogen) atoms. The Morgan fingerprint density at radius 3 is 2.69 bits per heavy atom. The van der Waals surface area contributed by atoms with Crippen LogP contribution in [-0.4, -0.2) is 28.3 Å². The number of nitrogens with one attached hydrogen (secondary N) is 1. The fourth-order valence-electron chi connectivity index (χ4n) is 2.61. The van der Waals surface area contributed by atoms with Crippen molar-refractivity contribution in [3.8, 4) is 17.0 Å². The normalized spacial score (nSPS) is 11.7. The van der Waals surface area contributed by atoms with E-state index in [0.29, 0.717) is 22.0 Å². The molecule has 0 saturated carbocycles. The number of hydrogen-bond acceptors (Lipinski definition) is 4. The molecule has 1 N–H and O–H groups in total. The maximum Gasteiger partial charge on any atom is 0.266 e. The van der Waals surface area contributed by atoms with Crippen molar-refractivity contribution in [2.45, 2.75) is 19.6 Å². The van der Waals surface area contributed by atoms with E-state index < -0.39 is 6.10 Å². The van der Waals surface area contributed by atoms with Gasteiger partial charge in [-0.3, -0.25) is 9.59 Å². The van der Waals surface area contributed by atoms with Crippen LogP contribution in [0.1, 0.15) is 6.92 Å². The van der Waals surface area contributed by atoms with Gasteiger partial charge in [-0.2, -0.15) is 5.10 Å². The Labute approximate surface area is 171 Å². The van der Waals surface area contributed by atoms with Crippen LogP contribution in [0, 0.1) is 5.82 Å². The maximum absolute atomic E-state index is 13.1. The first-order chi connectivity index (χ1) is 13.9. The van der Waals surface area contributed by atoms with Gasteiger partial charge in [-0.05, 0) is 55.5 Å². The number of halogens is 2. The molecular formula is C21H19ClFN3O3. The molecule has 0 aliphatic heterocycles. The second-order valence-corrected chi connectivity index (χ2v) is 6.73. The number of benzene rings is 2. The van der Waals surface area contributed by atoms with Crippen molar-refractivity contribution in [1.82, 2.24) is 15.1 Å². The highest BCUT2D eigenvalue weighted by Crippen LogP contribution is 2.18. The Bertz CT molecular complexity index is 1050. The summed E-state index contributed by atoms with van der Waals surface area (Å²) in [7, 11) is 0. The molecule has 2 aromatic carbocycles. The zero-order valence-corrected chi connectivity index (χ0v) is 16.4. The Hall–Kier alpha value is -3.19. The van der Waals surface area contributed by atoms with Gasteiger partial charge in [0.15, 0.2) is 6.10 Å². The highest BCUT2D eigenvalue weighted by molar-refractivity contribution is 6.30. The minimum absolute atomic E-state index is 0.184. The van der Waals surface area contributed by atoms with Crippen LogP contribution < -0.4 is 15.6 Å². The van der Waals surface area contributed by atoms with Crippen LogP contribution in [0.5, 0.6) is 5.75 Å². The maximum atomic E-state index is 13.1. The van der Waals surface area contributed by atoms with Crippen molar-refractivity contribution in [3.05, 3.63) is 81.9 Å². The summed E-state index contributed by atoms with van der Waals surface area (Å²) >= 11 is 5.90. The zero-order valence-electron chi connectivity index (χ0n) is 15.6. The third kappa shape index (κ3) is 5.65. The molecule has 0 fully saturated rings. The van der Waals surface area contributed by atoms with Crippen molar-refractivity contribution in [2.75, 3.05) is 6.54 Å². The van der Waals surface area contributed by atoms with Crippen molar-refractivity contribution >= 4 is 17.5 Å². The number of ether oxygens (including phenoxy) is 1. The molecule has 0 radical (unpaired) electrons. The number of carbonyl (C=O) groups excluding carboxylic acids is 1. The molecule has 1 unspecified atom stereocenters.